The van der Waals surface area contributed by atoms with Crippen LogP contribution in [0, 0.1) is 0 Å². The molecule has 1 atom stereocenters. The minimum Gasteiger partial charge on any atom is -0.466 e. The molecule has 0 aromatic carbocycles. The van der Waals surface area contributed by atoms with Gasteiger partial charge in [0.15, 0.2) is 5.78 Å². The van der Waals surface area contributed by atoms with Gasteiger partial charge in [0.1, 0.15) is 5.60 Å². The monoisotopic (exact) mass is 299 g/mol. The molecule has 1 heterocycles. The van der Waals surface area contributed by atoms with Gasteiger partial charge in [-0.15, -0.1) is 0 Å². The van der Waals surface area contributed by atoms with E-state index in [2.05, 4.69) is 0 Å². The van der Waals surface area contributed by atoms with Crippen LogP contribution in [-0.4, -0.2) is 47.5 Å². The number of carbonyl (C=O) groups is 3. The fourth-order valence-corrected chi connectivity index (χ4v) is 2.27. The van der Waals surface area contributed by atoms with Crippen LogP contribution in [0.3, 0.4) is 0 Å². The SMILES string of the molecule is CCOC(=O)CCC(=O)[C@@H]1CCCN1C(=O)OC(C)(C)C. The van der Waals surface area contributed by atoms with Gasteiger partial charge < -0.3 is 9.47 Å². The average molecular weight is 299 g/mol. The molecule has 0 unspecified atom stereocenters. The number of rotatable bonds is 5. The molecule has 6 nitrogen and oxygen atoms in total. The first-order chi connectivity index (χ1) is 9.74. The molecule has 0 aromatic rings. The molecule has 1 aliphatic rings. The van der Waals surface area contributed by atoms with E-state index >= 15 is 0 Å². The summed E-state index contributed by atoms with van der Waals surface area (Å²) >= 11 is 0. The number of amides is 1. The minimum atomic E-state index is -0.585. The third-order valence-electron chi connectivity index (χ3n) is 3.13. The molecule has 0 aliphatic carbocycles. The molecule has 0 N–H and O–H groups in total. The second-order valence-corrected chi connectivity index (χ2v) is 6.10. The lowest BCUT2D eigenvalue weighted by Gasteiger charge is -2.27. The van der Waals surface area contributed by atoms with Crippen molar-refractivity contribution >= 4 is 17.8 Å². The van der Waals surface area contributed by atoms with Crippen molar-refractivity contribution in [3.63, 3.8) is 0 Å². The van der Waals surface area contributed by atoms with Crippen molar-refractivity contribution in [2.45, 2.75) is 65.0 Å². The molecule has 6 heteroatoms. The van der Waals surface area contributed by atoms with Gasteiger partial charge in [-0.2, -0.15) is 0 Å². The quantitative estimate of drug-likeness (QED) is 0.728. The summed E-state index contributed by atoms with van der Waals surface area (Å²) < 4.78 is 10.1. The lowest BCUT2D eigenvalue weighted by atomic mass is 10.1. The van der Waals surface area contributed by atoms with E-state index in [0.29, 0.717) is 19.6 Å². The van der Waals surface area contributed by atoms with E-state index in [-0.39, 0.29) is 24.6 Å². The fourth-order valence-electron chi connectivity index (χ4n) is 2.27. The molecular weight excluding hydrogens is 274 g/mol. The number of carbonyl (C=O) groups excluding carboxylic acids is 3. The Kier molecular flexibility index (Phi) is 6.18. The van der Waals surface area contributed by atoms with Crippen LogP contribution in [0.2, 0.25) is 0 Å². The predicted molar refractivity (Wildman–Crippen MR) is 76.8 cm³/mol. The zero-order valence-corrected chi connectivity index (χ0v) is 13.3. The number of ketones is 1. The van der Waals surface area contributed by atoms with Gasteiger partial charge in [0.25, 0.3) is 0 Å². The third-order valence-corrected chi connectivity index (χ3v) is 3.13. The summed E-state index contributed by atoms with van der Waals surface area (Å²) in [7, 11) is 0. The van der Waals surface area contributed by atoms with E-state index < -0.39 is 17.7 Å². The molecule has 1 fully saturated rings. The summed E-state index contributed by atoms with van der Waals surface area (Å²) in [4.78, 5) is 37.0. The number of hydrogen-bond acceptors (Lipinski definition) is 5. The minimum absolute atomic E-state index is 0.0608. The standard InChI is InChI=1S/C15H25NO5/c1-5-20-13(18)9-8-12(17)11-7-6-10-16(11)14(19)21-15(2,3)4/h11H,5-10H2,1-4H3/t11-/m0/s1. The molecule has 1 aliphatic heterocycles. The number of ether oxygens (including phenoxy) is 2. The number of likely N-dealkylation sites (tertiary alicyclic amines) is 1. The molecule has 120 valence electrons. The Morgan fingerprint density at radius 3 is 2.43 bits per heavy atom. The number of hydrogen-bond donors (Lipinski definition) is 0. The molecule has 1 amide bonds. The van der Waals surface area contributed by atoms with E-state index in [4.69, 9.17) is 9.47 Å². The Bertz CT molecular complexity index is 399. The van der Waals surface area contributed by atoms with Crippen LogP contribution in [0.5, 0.6) is 0 Å². The van der Waals surface area contributed by atoms with Crippen molar-refractivity contribution in [1.29, 1.82) is 0 Å². The summed E-state index contributed by atoms with van der Waals surface area (Å²) in [5, 5.41) is 0. The van der Waals surface area contributed by atoms with Crippen LogP contribution in [-0.2, 0) is 19.1 Å². The van der Waals surface area contributed by atoms with Gasteiger partial charge in [-0.25, -0.2) is 4.79 Å². The molecule has 0 spiro atoms. The Morgan fingerprint density at radius 2 is 1.86 bits per heavy atom. The summed E-state index contributed by atoms with van der Waals surface area (Å²) in [6, 6.07) is -0.478. The first-order valence-corrected chi connectivity index (χ1v) is 7.42. The number of esters is 1. The van der Waals surface area contributed by atoms with Crippen molar-refractivity contribution in [2.75, 3.05) is 13.2 Å². The number of Topliss-reactive ketones (excluding diaryl/α,β-unsaturated/α-hetero) is 1. The van der Waals surface area contributed by atoms with Gasteiger partial charge in [-0.3, -0.25) is 14.5 Å². The van der Waals surface area contributed by atoms with E-state index in [1.807, 2.05) is 0 Å². The zero-order valence-electron chi connectivity index (χ0n) is 13.3. The van der Waals surface area contributed by atoms with E-state index in [0.717, 1.165) is 6.42 Å². The van der Waals surface area contributed by atoms with Gasteiger partial charge in [0.2, 0.25) is 0 Å². The van der Waals surface area contributed by atoms with Crippen molar-refractivity contribution in [2.24, 2.45) is 0 Å². The van der Waals surface area contributed by atoms with Gasteiger partial charge in [-0.1, -0.05) is 0 Å². The van der Waals surface area contributed by atoms with Crippen LogP contribution in [0.25, 0.3) is 0 Å². The van der Waals surface area contributed by atoms with Gasteiger partial charge in [-0.05, 0) is 40.5 Å². The van der Waals surface area contributed by atoms with Crippen molar-refractivity contribution < 1.29 is 23.9 Å². The van der Waals surface area contributed by atoms with Gasteiger partial charge in [0.05, 0.1) is 19.1 Å². The predicted octanol–water partition coefficient (Wildman–Crippen LogP) is 2.30. The molecule has 21 heavy (non-hydrogen) atoms. The van der Waals surface area contributed by atoms with Crippen molar-refractivity contribution in [1.82, 2.24) is 4.90 Å². The largest absolute Gasteiger partial charge is 0.466 e. The topological polar surface area (TPSA) is 72.9 Å². The van der Waals surface area contributed by atoms with Crippen molar-refractivity contribution in [3.05, 3.63) is 0 Å². The lowest BCUT2D eigenvalue weighted by Crippen LogP contribution is -2.43. The van der Waals surface area contributed by atoms with Crippen LogP contribution in [0.15, 0.2) is 0 Å². The smallest absolute Gasteiger partial charge is 0.410 e. The molecule has 1 rings (SSSR count). The molecule has 0 radical (unpaired) electrons. The van der Waals surface area contributed by atoms with E-state index in [1.165, 1.54) is 4.90 Å². The highest BCUT2D eigenvalue weighted by Gasteiger charge is 2.36. The number of nitrogens with zero attached hydrogens (tertiary/aromatic N) is 1. The first-order valence-electron chi connectivity index (χ1n) is 7.42. The maximum Gasteiger partial charge on any atom is 0.410 e. The lowest BCUT2D eigenvalue weighted by molar-refractivity contribution is -0.144. The van der Waals surface area contributed by atoms with E-state index in [9.17, 15) is 14.4 Å². The van der Waals surface area contributed by atoms with Gasteiger partial charge >= 0.3 is 12.1 Å². The molecule has 0 bridgehead atoms. The molecule has 1 saturated heterocycles. The van der Waals surface area contributed by atoms with Crippen LogP contribution >= 0.6 is 0 Å². The molecule has 0 saturated carbocycles. The summed E-state index contributed by atoms with van der Waals surface area (Å²) in [6.07, 6.45) is 1.10. The maximum atomic E-state index is 12.2. The molecular formula is C15H25NO5. The van der Waals surface area contributed by atoms with E-state index in [1.54, 1.807) is 27.7 Å². The highest BCUT2D eigenvalue weighted by molar-refractivity contribution is 5.90. The van der Waals surface area contributed by atoms with Crippen molar-refractivity contribution in [3.8, 4) is 0 Å². The maximum absolute atomic E-state index is 12.2. The fraction of sp³-hybridized carbons (Fsp3) is 0.800. The normalized spacial score (nSPS) is 18.5. The third kappa shape index (κ3) is 5.73. The summed E-state index contributed by atoms with van der Waals surface area (Å²) in [5.41, 5.74) is -0.585. The second kappa shape index (κ2) is 7.43. The Balaban J connectivity index is 2.54. The Labute approximate surface area is 125 Å². The Morgan fingerprint density at radius 1 is 1.19 bits per heavy atom. The first kappa shape index (κ1) is 17.5. The highest BCUT2D eigenvalue weighted by atomic mass is 16.6. The van der Waals surface area contributed by atoms with Crippen LogP contribution in [0.1, 0.15) is 53.4 Å². The van der Waals surface area contributed by atoms with Crippen LogP contribution in [0.4, 0.5) is 4.79 Å². The Hall–Kier alpha value is -1.59. The summed E-state index contributed by atoms with van der Waals surface area (Å²) in [5.74, 6) is -0.487. The second-order valence-electron chi connectivity index (χ2n) is 6.10. The zero-order chi connectivity index (χ0) is 16.0. The van der Waals surface area contributed by atoms with Crippen LogP contribution < -0.4 is 0 Å². The van der Waals surface area contributed by atoms with Gasteiger partial charge in [0, 0.05) is 13.0 Å². The molecule has 0 aromatic heterocycles. The highest BCUT2D eigenvalue weighted by Crippen LogP contribution is 2.22. The average Bonchev–Trinajstić information content (AvgIpc) is 2.83. The summed E-state index contributed by atoms with van der Waals surface area (Å²) in [6.45, 7) is 7.92.